The third kappa shape index (κ3) is 2.90. The second kappa shape index (κ2) is 5.90. The molecule has 2 aromatic heterocycles. The van der Waals surface area contributed by atoms with Crippen LogP contribution in [0.2, 0.25) is 0 Å². The van der Waals surface area contributed by atoms with Crippen LogP contribution in [0.1, 0.15) is 35.5 Å². The second-order valence-electron chi connectivity index (χ2n) is 5.01. The van der Waals surface area contributed by atoms with E-state index in [1.54, 1.807) is 13.3 Å². The molecule has 0 fully saturated rings. The molecule has 0 amide bonds. The molecule has 0 spiro atoms. The smallest absolute Gasteiger partial charge is 0.237 e. The summed E-state index contributed by atoms with van der Waals surface area (Å²) in [7, 11) is 1.63. The number of nitrogens with zero attached hydrogens (tertiary/aromatic N) is 2. The lowest BCUT2D eigenvalue weighted by atomic mass is 10.0. The maximum Gasteiger partial charge on any atom is 0.237 e. The van der Waals surface area contributed by atoms with Crippen LogP contribution in [-0.2, 0) is 0 Å². The Morgan fingerprint density at radius 3 is 2.65 bits per heavy atom. The van der Waals surface area contributed by atoms with Gasteiger partial charge in [0.05, 0.1) is 18.8 Å². The molecule has 0 radical (unpaired) electrons. The van der Waals surface area contributed by atoms with Crippen molar-refractivity contribution in [1.82, 2.24) is 9.97 Å². The Morgan fingerprint density at radius 2 is 2.00 bits per heavy atom. The zero-order valence-corrected chi connectivity index (χ0v) is 12.7. The van der Waals surface area contributed by atoms with Crippen molar-refractivity contribution in [1.29, 1.82) is 0 Å². The molecular formula is C16H21N3O. The number of nitrogens with one attached hydrogen (secondary N) is 1. The fourth-order valence-corrected chi connectivity index (χ4v) is 2.66. The van der Waals surface area contributed by atoms with Crippen molar-refractivity contribution in [3.8, 4) is 5.88 Å². The number of rotatable bonds is 4. The average molecular weight is 271 g/mol. The third-order valence-corrected chi connectivity index (χ3v) is 3.35. The van der Waals surface area contributed by atoms with Gasteiger partial charge in [-0.05, 0) is 57.0 Å². The quantitative estimate of drug-likeness (QED) is 0.923. The van der Waals surface area contributed by atoms with Gasteiger partial charge in [-0.2, -0.15) is 0 Å². The van der Waals surface area contributed by atoms with Crippen molar-refractivity contribution in [3.05, 3.63) is 46.9 Å². The number of anilines is 1. The van der Waals surface area contributed by atoms with Crippen molar-refractivity contribution in [3.63, 3.8) is 0 Å². The monoisotopic (exact) mass is 271 g/mol. The summed E-state index contributed by atoms with van der Waals surface area (Å²) in [5.41, 5.74) is 5.47. The lowest BCUT2D eigenvalue weighted by Gasteiger charge is -2.21. The number of aryl methyl sites for hydroxylation is 3. The van der Waals surface area contributed by atoms with E-state index in [9.17, 15) is 0 Å². The Balaban J connectivity index is 2.31. The van der Waals surface area contributed by atoms with Crippen LogP contribution in [0.3, 0.4) is 0 Å². The largest absolute Gasteiger partial charge is 0.480 e. The van der Waals surface area contributed by atoms with Gasteiger partial charge in [0.1, 0.15) is 0 Å². The van der Waals surface area contributed by atoms with E-state index >= 15 is 0 Å². The highest BCUT2D eigenvalue weighted by Gasteiger charge is 2.15. The molecule has 1 N–H and O–H groups in total. The van der Waals surface area contributed by atoms with Gasteiger partial charge in [-0.3, -0.25) is 4.98 Å². The van der Waals surface area contributed by atoms with Gasteiger partial charge in [0.25, 0.3) is 0 Å². The van der Waals surface area contributed by atoms with E-state index in [4.69, 9.17) is 4.74 Å². The molecule has 0 aliphatic rings. The molecule has 1 unspecified atom stereocenters. The van der Waals surface area contributed by atoms with Gasteiger partial charge < -0.3 is 10.1 Å². The molecule has 0 bridgehead atoms. The van der Waals surface area contributed by atoms with Gasteiger partial charge in [0, 0.05) is 17.6 Å². The first-order chi connectivity index (χ1) is 9.52. The predicted octanol–water partition coefficient (Wildman–Crippen LogP) is 3.58. The Bertz CT molecular complexity index is 587. The topological polar surface area (TPSA) is 47.0 Å². The molecule has 4 heteroatoms. The molecule has 0 aliphatic heterocycles. The highest BCUT2D eigenvalue weighted by atomic mass is 16.5. The third-order valence-electron chi connectivity index (χ3n) is 3.35. The first-order valence-corrected chi connectivity index (χ1v) is 6.73. The fraction of sp³-hybridized carbons (Fsp3) is 0.375. The van der Waals surface area contributed by atoms with E-state index in [2.05, 4.69) is 35.2 Å². The standard InChI is InChI=1S/C16H21N3O/c1-10-9-11(2)18-12(3)15(10)13(4)19-14-7-6-8-17-16(14)20-5/h6-9,13,19H,1-5H3. The zero-order chi connectivity index (χ0) is 14.7. The molecule has 2 heterocycles. The maximum absolute atomic E-state index is 5.27. The number of methoxy groups -OCH3 is 1. The summed E-state index contributed by atoms with van der Waals surface area (Å²) in [6.07, 6.45) is 1.72. The number of aromatic nitrogens is 2. The predicted molar refractivity (Wildman–Crippen MR) is 81.3 cm³/mol. The van der Waals surface area contributed by atoms with Crippen molar-refractivity contribution < 1.29 is 4.74 Å². The molecule has 20 heavy (non-hydrogen) atoms. The van der Waals surface area contributed by atoms with E-state index in [1.165, 1.54) is 11.1 Å². The SMILES string of the molecule is COc1ncccc1NC(C)c1c(C)cc(C)nc1C. The summed E-state index contributed by atoms with van der Waals surface area (Å²) < 4.78 is 5.27. The summed E-state index contributed by atoms with van der Waals surface area (Å²) in [6.45, 7) is 8.31. The molecule has 0 aliphatic carbocycles. The molecule has 0 saturated heterocycles. The van der Waals surface area contributed by atoms with E-state index < -0.39 is 0 Å². The van der Waals surface area contributed by atoms with Gasteiger partial charge in [0.15, 0.2) is 0 Å². The summed E-state index contributed by atoms with van der Waals surface area (Å²) in [5.74, 6) is 0.606. The van der Waals surface area contributed by atoms with E-state index in [1.807, 2.05) is 26.0 Å². The summed E-state index contributed by atoms with van der Waals surface area (Å²) in [4.78, 5) is 8.76. The first kappa shape index (κ1) is 14.3. The van der Waals surface area contributed by atoms with Crippen LogP contribution in [-0.4, -0.2) is 17.1 Å². The Morgan fingerprint density at radius 1 is 1.25 bits per heavy atom. The van der Waals surface area contributed by atoms with Gasteiger partial charge in [-0.15, -0.1) is 0 Å². The Hall–Kier alpha value is -2.10. The molecule has 1 atom stereocenters. The van der Waals surface area contributed by atoms with Crippen LogP contribution in [0.5, 0.6) is 5.88 Å². The highest BCUT2D eigenvalue weighted by Crippen LogP contribution is 2.28. The van der Waals surface area contributed by atoms with Gasteiger partial charge in [-0.25, -0.2) is 4.98 Å². The molecular weight excluding hydrogens is 250 g/mol. The summed E-state index contributed by atoms with van der Waals surface area (Å²) in [6, 6.07) is 6.11. The summed E-state index contributed by atoms with van der Waals surface area (Å²) in [5, 5.41) is 3.45. The zero-order valence-electron chi connectivity index (χ0n) is 12.7. The van der Waals surface area contributed by atoms with E-state index in [0.717, 1.165) is 17.1 Å². The first-order valence-electron chi connectivity index (χ1n) is 6.73. The maximum atomic E-state index is 5.27. The minimum Gasteiger partial charge on any atom is -0.480 e. The highest BCUT2D eigenvalue weighted by molar-refractivity contribution is 5.54. The lowest BCUT2D eigenvalue weighted by molar-refractivity contribution is 0.399. The van der Waals surface area contributed by atoms with Crippen LogP contribution < -0.4 is 10.1 Å². The lowest BCUT2D eigenvalue weighted by Crippen LogP contribution is -2.12. The van der Waals surface area contributed by atoms with E-state index in [0.29, 0.717) is 5.88 Å². The summed E-state index contributed by atoms with van der Waals surface area (Å²) >= 11 is 0. The second-order valence-corrected chi connectivity index (χ2v) is 5.01. The molecule has 2 rings (SSSR count). The average Bonchev–Trinajstić information content (AvgIpc) is 2.38. The Kier molecular flexibility index (Phi) is 4.23. The van der Waals surface area contributed by atoms with E-state index in [-0.39, 0.29) is 6.04 Å². The molecule has 0 saturated carbocycles. The van der Waals surface area contributed by atoms with Crippen LogP contribution >= 0.6 is 0 Å². The minimum absolute atomic E-state index is 0.140. The number of hydrogen-bond donors (Lipinski definition) is 1. The molecule has 106 valence electrons. The number of hydrogen-bond acceptors (Lipinski definition) is 4. The Labute approximate surface area is 120 Å². The molecule has 0 aromatic carbocycles. The van der Waals surface area contributed by atoms with Gasteiger partial charge >= 0.3 is 0 Å². The van der Waals surface area contributed by atoms with Gasteiger partial charge in [-0.1, -0.05) is 0 Å². The van der Waals surface area contributed by atoms with Crippen molar-refractivity contribution >= 4 is 5.69 Å². The number of ether oxygens (including phenoxy) is 1. The van der Waals surface area contributed by atoms with Crippen molar-refractivity contribution in [2.75, 3.05) is 12.4 Å². The van der Waals surface area contributed by atoms with Crippen LogP contribution in [0, 0.1) is 20.8 Å². The van der Waals surface area contributed by atoms with Gasteiger partial charge in [0.2, 0.25) is 5.88 Å². The molecule has 2 aromatic rings. The van der Waals surface area contributed by atoms with Crippen LogP contribution in [0.4, 0.5) is 5.69 Å². The van der Waals surface area contributed by atoms with Crippen LogP contribution in [0.15, 0.2) is 24.4 Å². The molecule has 4 nitrogen and oxygen atoms in total. The normalized spacial score (nSPS) is 12.1. The minimum atomic E-state index is 0.140. The fourth-order valence-electron chi connectivity index (χ4n) is 2.66. The van der Waals surface area contributed by atoms with Crippen LogP contribution in [0.25, 0.3) is 0 Å². The number of pyridine rings is 2. The van der Waals surface area contributed by atoms with Crippen molar-refractivity contribution in [2.24, 2.45) is 0 Å². The van der Waals surface area contributed by atoms with Crippen molar-refractivity contribution in [2.45, 2.75) is 33.7 Å².